The Kier molecular flexibility index (Phi) is 6.14. The molecule has 0 aliphatic rings. The zero-order chi connectivity index (χ0) is 22.0. The summed E-state index contributed by atoms with van der Waals surface area (Å²) in [7, 11) is 0. The summed E-state index contributed by atoms with van der Waals surface area (Å²) in [6.45, 7) is 0.0948. The van der Waals surface area contributed by atoms with Gasteiger partial charge in [-0.1, -0.05) is 39.7 Å². The zero-order valence-electron chi connectivity index (χ0n) is 15.1. The van der Waals surface area contributed by atoms with Crippen molar-refractivity contribution in [1.82, 2.24) is 4.98 Å². The normalized spacial score (nSPS) is 10.6. The molecule has 0 aliphatic heterocycles. The van der Waals surface area contributed by atoms with Crippen LogP contribution in [0.15, 0.2) is 51.7 Å². The Morgan fingerprint density at radius 1 is 1.10 bits per heavy atom. The number of halogens is 2. The molecule has 0 bridgehead atoms. The van der Waals surface area contributed by atoms with E-state index in [1.54, 1.807) is 0 Å². The molecule has 0 spiro atoms. The SMILES string of the molecule is Nc1[nH]c(=O)c(C(=O)O)c(-c2cc(Cl)ccc2OCc2cccc(Br)c2)c1C(=O)O. The number of carboxylic acid groups (broad SMARTS) is 2. The molecule has 1 aromatic heterocycles. The first-order valence-electron chi connectivity index (χ1n) is 8.38. The Balaban J connectivity index is 2.23. The van der Waals surface area contributed by atoms with Gasteiger partial charge in [-0.15, -0.1) is 0 Å². The van der Waals surface area contributed by atoms with Crippen molar-refractivity contribution in [1.29, 1.82) is 0 Å². The minimum absolute atomic E-state index is 0.0186. The first-order chi connectivity index (χ1) is 14.2. The number of pyridine rings is 1. The molecule has 0 fully saturated rings. The van der Waals surface area contributed by atoms with E-state index < -0.39 is 34.4 Å². The summed E-state index contributed by atoms with van der Waals surface area (Å²) in [6, 6.07) is 11.6. The van der Waals surface area contributed by atoms with E-state index in [4.69, 9.17) is 22.1 Å². The molecule has 0 aliphatic carbocycles. The van der Waals surface area contributed by atoms with Crippen LogP contribution in [0.5, 0.6) is 5.75 Å². The maximum Gasteiger partial charge on any atom is 0.342 e. The third-order valence-corrected chi connectivity index (χ3v) is 4.89. The Labute approximate surface area is 183 Å². The number of rotatable bonds is 6. The molecule has 2 aromatic carbocycles. The van der Waals surface area contributed by atoms with E-state index in [1.165, 1.54) is 18.2 Å². The molecule has 0 atom stereocenters. The van der Waals surface area contributed by atoms with Gasteiger partial charge in [0.2, 0.25) is 0 Å². The van der Waals surface area contributed by atoms with E-state index in [0.29, 0.717) is 0 Å². The highest BCUT2D eigenvalue weighted by atomic mass is 79.9. The van der Waals surface area contributed by atoms with Crippen LogP contribution in [0.2, 0.25) is 5.02 Å². The van der Waals surface area contributed by atoms with Gasteiger partial charge < -0.3 is 25.7 Å². The summed E-state index contributed by atoms with van der Waals surface area (Å²) in [5, 5.41) is 19.4. The van der Waals surface area contributed by atoms with Gasteiger partial charge in [-0.05, 0) is 35.9 Å². The molecule has 5 N–H and O–H groups in total. The van der Waals surface area contributed by atoms with Gasteiger partial charge in [-0.25, -0.2) is 9.59 Å². The Morgan fingerprint density at radius 2 is 1.80 bits per heavy atom. The number of hydrogen-bond donors (Lipinski definition) is 4. The van der Waals surface area contributed by atoms with Gasteiger partial charge in [0, 0.05) is 20.6 Å². The van der Waals surface area contributed by atoms with Crippen LogP contribution in [0.25, 0.3) is 11.1 Å². The van der Waals surface area contributed by atoms with Gasteiger partial charge in [0.15, 0.2) is 0 Å². The minimum atomic E-state index is -1.62. The number of carbonyl (C=O) groups is 2. The van der Waals surface area contributed by atoms with Crippen molar-refractivity contribution >= 4 is 45.3 Å². The second-order valence-electron chi connectivity index (χ2n) is 6.16. The van der Waals surface area contributed by atoms with E-state index in [2.05, 4.69) is 20.9 Å². The van der Waals surface area contributed by atoms with Gasteiger partial charge in [-0.2, -0.15) is 0 Å². The molecule has 0 amide bonds. The van der Waals surface area contributed by atoms with Gasteiger partial charge in [0.1, 0.15) is 29.3 Å². The van der Waals surface area contributed by atoms with Gasteiger partial charge in [0.05, 0.1) is 0 Å². The third-order valence-electron chi connectivity index (χ3n) is 4.17. The van der Waals surface area contributed by atoms with Crippen LogP contribution < -0.4 is 16.0 Å². The summed E-state index contributed by atoms with van der Waals surface area (Å²) >= 11 is 9.43. The Bertz CT molecular complexity index is 1220. The average molecular weight is 494 g/mol. The van der Waals surface area contributed by atoms with Gasteiger partial charge >= 0.3 is 11.9 Å². The van der Waals surface area contributed by atoms with Crippen LogP contribution in [0, 0.1) is 0 Å². The van der Waals surface area contributed by atoms with Crippen molar-refractivity contribution in [2.75, 3.05) is 5.73 Å². The molecule has 3 aromatic rings. The van der Waals surface area contributed by atoms with Crippen LogP contribution in [-0.2, 0) is 6.61 Å². The molecular weight excluding hydrogens is 480 g/mol. The molecule has 3 rings (SSSR count). The maximum atomic E-state index is 12.3. The van der Waals surface area contributed by atoms with Crippen LogP contribution >= 0.6 is 27.5 Å². The first-order valence-corrected chi connectivity index (χ1v) is 9.55. The van der Waals surface area contributed by atoms with E-state index in [1.807, 2.05) is 24.3 Å². The van der Waals surface area contributed by atoms with E-state index in [0.717, 1.165) is 10.0 Å². The lowest BCUT2D eigenvalue weighted by Gasteiger charge is -2.16. The highest BCUT2D eigenvalue weighted by Crippen LogP contribution is 2.38. The number of aromatic nitrogens is 1. The third kappa shape index (κ3) is 4.32. The maximum absolute atomic E-state index is 12.3. The van der Waals surface area contributed by atoms with Gasteiger partial charge in [-0.3, -0.25) is 4.79 Å². The lowest BCUT2D eigenvalue weighted by Crippen LogP contribution is -2.24. The number of nitrogen functional groups attached to an aromatic ring is 1. The molecular formula is C20H14BrClN2O6. The number of H-pyrrole nitrogens is 1. The second kappa shape index (κ2) is 8.60. The van der Waals surface area contributed by atoms with E-state index >= 15 is 0 Å². The molecule has 1 heterocycles. The number of nitrogens with one attached hydrogen (secondary N) is 1. The van der Waals surface area contributed by atoms with Gasteiger partial charge in [0.25, 0.3) is 5.56 Å². The number of hydrogen-bond acceptors (Lipinski definition) is 5. The summed E-state index contributed by atoms with van der Waals surface area (Å²) in [5.74, 6) is -3.48. The number of anilines is 1. The van der Waals surface area contributed by atoms with E-state index in [-0.39, 0.29) is 28.5 Å². The summed E-state index contributed by atoms with van der Waals surface area (Å²) in [6.07, 6.45) is 0. The summed E-state index contributed by atoms with van der Waals surface area (Å²) in [4.78, 5) is 38.0. The first kappa shape index (κ1) is 21.4. The number of aromatic carboxylic acids is 2. The number of ether oxygens (including phenoxy) is 1. The van der Waals surface area contributed by atoms with Crippen molar-refractivity contribution in [3.8, 4) is 16.9 Å². The molecule has 30 heavy (non-hydrogen) atoms. The molecule has 0 saturated heterocycles. The van der Waals surface area contributed by atoms with Crippen LogP contribution in [0.1, 0.15) is 26.3 Å². The van der Waals surface area contributed by atoms with Crippen LogP contribution in [0.4, 0.5) is 5.82 Å². The van der Waals surface area contributed by atoms with E-state index in [9.17, 15) is 24.6 Å². The van der Waals surface area contributed by atoms with Crippen LogP contribution in [0.3, 0.4) is 0 Å². The minimum Gasteiger partial charge on any atom is -0.488 e. The molecule has 10 heteroatoms. The van der Waals surface area contributed by atoms with Crippen molar-refractivity contribution in [2.24, 2.45) is 0 Å². The predicted octanol–water partition coefficient (Wildman–Crippen LogP) is 4.02. The lowest BCUT2D eigenvalue weighted by molar-refractivity contribution is 0.0695. The van der Waals surface area contributed by atoms with Crippen molar-refractivity contribution in [2.45, 2.75) is 6.61 Å². The smallest absolute Gasteiger partial charge is 0.342 e. The quantitative estimate of drug-likeness (QED) is 0.406. The molecule has 0 unspecified atom stereocenters. The standard InChI is InChI=1S/C20H14BrClN2O6/c21-10-3-1-2-9(6-10)8-30-13-5-4-11(22)7-12(13)14-15(19(26)27)17(23)24-18(25)16(14)20(28)29/h1-7H,8H2,(H,26,27)(H,28,29)(H3,23,24,25). The summed E-state index contributed by atoms with van der Waals surface area (Å²) < 4.78 is 6.66. The number of aromatic amines is 1. The number of benzene rings is 2. The number of nitrogens with two attached hydrogens (primary N) is 1. The Hall–Kier alpha value is -3.30. The highest BCUT2D eigenvalue weighted by molar-refractivity contribution is 9.10. The zero-order valence-corrected chi connectivity index (χ0v) is 17.5. The van der Waals surface area contributed by atoms with Crippen molar-refractivity contribution in [3.05, 3.63) is 79.0 Å². The molecule has 8 nitrogen and oxygen atoms in total. The Morgan fingerprint density at radius 3 is 2.43 bits per heavy atom. The summed E-state index contributed by atoms with van der Waals surface area (Å²) in [5.41, 5.74) is 3.73. The fourth-order valence-electron chi connectivity index (χ4n) is 2.93. The van der Waals surface area contributed by atoms with Crippen LogP contribution in [-0.4, -0.2) is 27.1 Å². The van der Waals surface area contributed by atoms with Crippen molar-refractivity contribution < 1.29 is 24.5 Å². The lowest BCUT2D eigenvalue weighted by atomic mass is 9.94. The molecule has 0 radical (unpaired) electrons. The van der Waals surface area contributed by atoms with Crippen molar-refractivity contribution in [3.63, 3.8) is 0 Å². The topological polar surface area (TPSA) is 143 Å². The second-order valence-corrected chi connectivity index (χ2v) is 7.51. The molecule has 154 valence electrons. The number of carboxylic acids is 2. The largest absolute Gasteiger partial charge is 0.488 e. The molecule has 0 saturated carbocycles. The predicted molar refractivity (Wildman–Crippen MR) is 114 cm³/mol. The fourth-order valence-corrected chi connectivity index (χ4v) is 3.55. The average Bonchev–Trinajstić information content (AvgIpc) is 2.65. The fraction of sp³-hybridized carbons (Fsp3) is 0.0500. The highest BCUT2D eigenvalue weighted by Gasteiger charge is 2.28. The monoisotopic (exact) mass is 492 g/mol.